The number of ether oxygens (including phenoxy) is 1. The molecule has 1 atom stereocenters. The van der Waals surface area contributed by atoms with E-state index in [4.69, 9.17) is 16.3 Å². The first-order valence-corrected chi connectivity index (χ1v) is 8.30. The maximum Gasteiger partial charge on any atom is 0.261 e. The van der Waals surface area contributed by atoms with Crippen molar-refractivity contribution in [3.05, 3.63) is 58.6 Å². The van der Waals surface area contributed by atoms with E-state index in [0.29, 0.717) is 17.3 Å². The van der Waals surface area contributed by atoms with Gasteiger partial charge < -0.3 is 15.4 Å². The van der Waals surface area contributed by atoms with E-state index in [2.05, 4.69) is 10.6 Å². The van der Waals surface area contributed by atoms with Crippen molar-refractivity contribution in [2.24, 2.45) is 0 Å². The van der Waals surface area contributed by atoms with E-state index in [0.717, 1.165) is 16.8 Å². The zero-order valence-corrected chi connectivity index (χ0v) is 15.2. The number of rotatable bonds is 6. The summed E-state index contributed by atoms with van der Waals surface area (Å²) in [7, 11) is 0. The van der Waals surface area contributed by atoms with Gasteiger partial charge in [0.2, 0.25) is 5.91 Å². The Morgan fingerprint density at radius 1 is 1.16 bits per heavy atom. The third kappa shape index (κ3) is 5.80. The van der Waals surface area contributed by atoms with Crippen molar-refractivity contribution in [3.63, 3.8) is 0 Å². The summed E-state index contributed by atoms with van der Waals surface area (Å²) in [6.07, 6.45) is -0.626. The molecule has 0 bridgehead atoms. The van der Waals surface area contributed by atoms with Crippen LogP contribution >= 0.6 is 11.6 Å². The largest absolute Gasteiger partial charge is 0.481 e. The number of amides is 2. The van der Waals surface area contributed by atoms with Gasteiger partial charge >= 0.3 is 0 Å². The van der Waals surface area contributed by atoms with Gasteiger partial charge in [-0.05, 0) is 55.3 Å². The van der Waals surface area contributed by atoms with Crippen LogP contribution in [0.5, 0.6) is 5.75 Å². The monoisotopic (exact) mass is 360 g/mol. The molecule has 2 aromatic rings. The smallest absolute Gasteiger partial charge is 0.261 e. The topological polar surface area (TPSA) is 67.4 Å². The van der Waals surface area contributed by atoms with Gasteiger partial charge in [-0.15, -0.1) is 0 Å². The molecule has 0 spiro atoms. The second kappa shape index (κ2) is 8.53. The van der Waals surface area contributed by atoms with Crippen LogP contribution in [0.1, 0.15) is 25.0 Å². The summed E-state index contributed by atoms with van der Waals surface area (Å²) in [6, 6.07) is 12.5. The minimum Gasteiger partial charge on any atom is -0.481 e. The van der Waals surface area contributed by atoms with Crippen LogP contribution in [0.4, 0.5) is 5.69 Å². The Hall–Kier alpha value is -2.53. The lowest BCUT2D eigenvalue weighted by molar-refractivity contribution is -0.127. The second-order valence-electron chi connectivity index (χ2n) is 5.77. The molecule has 0 aliphatic carbocycles. The molecule has 0 saturated heterocycles. The molecular formula is C19H21ClN2O3. The van der Waals surface area contributed by atoms with Crippen molar-refractivity contribution >= 4 is 29.1 Å². The number of halogens is 1. The molecule has 0 aromatic heterocycles. The van der Waals surface area contributed by atoms with Gasteiger partial charge in [-0.25, -0.2) is 0 Å². The van der Waals surface area contributed by atoms with Gasteiger partial charge in [-0.2, -0.15) is 0 Å². The van der Waals surface area contributed by atoms with Crippen LogP contribution in [0.25, 0.3) is 0 Å². The summed E-state index contributed by atoms with van der Waals surface area (Å²) in [5.74, 6) is 0.302. The van der Waals surface area contributed by atoms with Gasteiger partial charge in [0.25, 0.3) is 5.91 Å². The Morgan fingerprint density at radius 3 is 2.44 bits per heavy atom. The van der Waals surface area contributed by atoms with Crippen LogP contribution in [-0.4, -0.2) is 17.9 Å². The fourth-order valence-corrected chi connectivity index (χ4v) is 2.46. The number of hydrogen-bond donors (Lipinski definition) is 2. The van der Waals surface area contributed by atoms with Gasteiger partial charge in [0.15, 0.2) is 6.10 Å². The van der Waals surface area contributed by atoms with E-state index >= 15 is 0 Å². The van der Waals surface area contributed by atoms with E-state index < -0.39 is 6.10 Å². The Bertz CT molecular complexity index is 760. The molecule has 6 heteroatoms. The summed E-state index contributed by atoms with van der Waals surface area (Å²) >= 11 is 5.91. The first-order chi connectivity index (χ1) is 11.8. The van der Waals surface area contributed by atoms with Crippen LogP contribution in [0.15, 0.2) is 42.5 Å². The van der Waals surface area contributed by atoms with Crippen molar-refractivity contribution in [2.75, 3.05) is 5.32 Å². The average molecular weight is 361 g/mol. The van der Waals surface area contributed by atoms with Crippen LogP contribution < -0.4 is 15.4 Å². The maximum atomic E-state index is 12.2. The number of hydrogen-bond acceptors (Lipinski definition) is 3. The van der Waals surface area contributed by atoms with Crippen molar-refractivity contribution < 1.29 is 14.3 Å². The van der Waals surface area contributed by atoms with Gasteiger partial charge in [0, 0.05) is 24.2 Å². The quantitative estimate of drug-likeness (QED) is 0.825. The summed E-state index contributed by atoms with van der Waals surface area (Å²) in [4.78, 5) is 23.2. The van der Waals surface area contributed by atoms with E-state index in [9.17, 15) is 9.59 Å². The molecule has 0 aliphatic rings. The lowest BCUT2D eigenvalue weighted by atomic mass is 10.2. The second-order valence-corrected chi connectivity index (χ2v) is 6.20. The molecule has 0 unspecified atom stereocenters. The van der Waals surface area contributed by atoms with Gasteiger partial charge in [-0.3, -0.25) is 9.59 Å². The molecule has 2 rings (SSSR count). The summed E-state index contributed by atoms with van der Waals surface area (Å²) in [6.45, 7) is 5.41. The van der Waals surface area contributed by atoms with Crippen molar-refractivity contribution in [1.82, 2.24) is 5.32 Å². The highest BCUT2D eigenvalue weighted by molar-refractivity contribution is 6.30. The molecule has 5 nitrogen and oxygen atoms in total. The lowest BCUT2D eigenvalue weighted by Crippen LogP contribution is -2.36. The summed E-state index contributed by atoms with van der Waals surface area (Å²) < 4.78 is 5.70. The highest BCUT2D eigenvalue weighted by atomic mass is 35.5. The van der Waals surface area contributed by atoms with Gasteiger partial charge in [0.05, 0.1) is 0 Å². The van der Waals surface area contributed by atoms with E-state index in [1.54, 1.807) is 37.3 Å². The molecule has 0 heterocycles. The average Bonchev–Trinajstić information content (AvgIpc) is 2.56. The fraction of sp³-hybridized carbons (Fsp3) is 0.263. The number of nitrogens with one attached hydrogen (secondary N) is 2. The summed E-state index contributed by atoms with van der Waals surface area (Å²) in [5, 5.41) is 6.16. The molecule has 0 fully saturated rings. The predicted octanol–water partition coefficient (Wildman–Crippen LogP) is 3.69. The molecule has 2 aromatic carbocycles. The fourth-order valence-electron chi connectivity index (χ4n) is 2.23. The zero-order chi connectivity index (χ0) is 18.4. The minimum absolute atomic E-state index is 0.121. The predicted molar refractivity (Wildman–Crippen MR) is 98.9 cm³/mol. The molecule has 25 heavy (non-hydrogen) atoms. The van der Waals surface area contributed by atoms with E-state index in [-0.39, 0.29) is 11.8 Å². The van der Waals surface area contributed by atoms with Crippen molar-refractivity contribution in [1.29, 1.82) is 0 Å². The standard InChI is InChI=1S/C19H21ClN2O3/c1-12-10-16(20)6-9-18(12)25-13(2)19(24)21-11-15-4-7-17(8-5-15)22-14(3)23/h4-10,13H,11H2,1-3H3,(H,21,24)(H,22,23)/t13-/m1/s1. The molecule has 0 aliphatic heterocycles. The third-order valence-electron chi connectivity index (χ3n) is 3.55. The maximum absolute atomic E-state index is 12.2. The highest BCUT2D eigenvalue weighted by Gasteiger charge is 2.15. The number of anilines is 1. The highest BCUT2D eigenvalue weighted by Crippen LogP contribution is 2.22. The molecule has 2 N–H and O–H groups in total. The van der Waals surface area contributed by atoms with Crippen molar-refractivity contribution in [2.45, 2.75) is 33.4 Å². The Kier molecular flexibility index (Phi) is 6.42. The molecule has 132 valence electrons. The van der Waals surface area contributed by atoms with Crippen LogP contribution in [-0.2, 0) is 16.1 Å². The Labute approximate surface area is 152 Å². The number of benzene rings is 2. The Morgan fingerprint density at radius 2 is 1.84 bits per heavy atom. The minimum atomic E-state index is -0.626. The lowest BCUT2D eigenvalue weighted by Gasteiger charge is -2.16. The number of aryl methyl sites for hydroxylation is 1. The van der Waals surface area contributed by atoms with Gasteiger partial charge in [-0.1, -0.05) is 23.7 Å². The first-order valence-electron chi connectivity index (χ1n) is 7.92. The summed E-state index contributed by atoms with van der Waals surface area (Å²) in [5.41, 5.74) is 2.52. The van der Waals surface area contributed by atoms with Crippen molar-refractivity contribution in [3.8, 4) is 5.75 Å². The Balaban J connectivity index is 1.87. The van der Waals surface area contributed by atoms with Crippen LogP contribution in [0.2, 0.25) is 5.02 Å². The SMILES string of the molecule is CC(=O)Nc1ccc(CNC(=O)[C@@H](C)Oc2ccc(Cl)cc2C)cc1. The van der Waals surface area contributed by atoms with Crippen LogP contribution in [0.3, 0.4) is 0 Å². The molecular weight excluding hydrogens is 340 g/mol. The third-order valence-corrected chi connectivity index (χ3v) is 3.79. The normalized spacial score (nSPS) is 11.5. The van der Waals surface area contributed by atoms with E-state index in [1.165, 1.54) is 6.92 Å². The molecule has 2 amide bonds. The van der Waals surface area contributed by atoms with E-state index in [1.807, 2.05) is 19.1 Å². The van der Waals surface area contributed by atoms with Gasteiger partial charge in [0.1, 0.15) is 5.75 Å². The number of carbonyl (C=O) groups excluding carboxylic acids is 2. The van der Waals surface area contributed by atoms with Crippen LogP contribution in [0, 0.1) is 6.92 Å². The molecule has 0 radical (unpaired) electrons. The zero-order valence-electron chi connectivity index (χ0n) is 14.4. The first kappa shape index (κ1) is 18.8. The number of carbonyl (C=O) groups is 2. The molecule has 0 saturated carbocycles.